The van der Waals surface area contributed by atoms with Crippen LogP contribution in [0.1, 0.15) is 30.6 Å². The quantitative estimate of drug-likeness (QED) is 0.849. The summed E-state index contributed by atoms with van der Waals surface area (Å²) in [6.07, 6.45) is 1.15. The van der Waals surface area contributed by atoms with Gasteiger partial charge in [-0.25, -0.2) is 0 Å². The van der Waals surface area contributed by atoms with Crippen molar-refractivity contribution in [2.24, 2.45) is 5.73 Å². The number of nitrogens with zero attached hydrogens (tertiary/aromatic N) is 4. The van der Waals surface area contributed by atoms with Crippen LogP contribution in [-0.2, 0) is 19.6 Å². The zero-order chi connectivity index (χ0) is 16.1. The summed E-state index contributed by atoms with van der Waals surface area (Å²) in [4.78, 5) is 9.25. The Kier molecular flexibility index (Phi) is 9.38. The third-order valence-electron chi connectivity index (χ3n) is 4.47. The Hall–Kier alpha value is -1.18. The molecule has 0 bridgehead atoms. The molecule has 0 aliphatic carbocycles. The van der Waals surface area contributed by atoms with E-state index in [1.54, 1.807) is 0 Å². The van der Waals surface area contributed by atoms with Gasteiger partial charge in [0.2, 0.25) is 5.89 Å². The van der Waals surface area contributed by atoms with Crippen molar-refractivity contribution in [3.05, 3.63) is 47.6 Å². The third-order valence-corrected chi connectivity index (χ3v) is 4.47. The molecule has 1 saturated heterocycles. The average Bonchev–Trinajstić information content (AvgIpc) is 2.97. The molecule has 1 aliphatic rings. The lowest BCUT2D eigenvalue weighted by atomic mass is 10.1. The predicted molar refractivity (Wildman–Crippen MR) is 103 cm³/mol. The second kappa shape index (κ2) is 10.7. The Balaban J connectivity index is 0.00000156. The normalized spacial score (nSPS) is 18.9. The molecular weight excluding hydrogens is 361 g/mol. The highest BCUT2D eigenvalue weighted by atomic mass is 35.5. The molecule has 2 aromatic rings. The fourth-order valence-corrected chi connectivity index (χ4v) is 3.00. The maximum atomic E-state index is 5.51. The van der Waals surface area contributed by atoms with Gasteiger partial charge in [0, 0.05) is 32.2 Å². The molecule has 1 atom stereocenters. The topological polar surface area (TPSA) is 71.4 Å². The molecule has 2 heterocycles. The molecule has 2 N–H and O–H groups in total. The molecule has 0 radical (unpaired) electrons. The summed E-state index contributed by atoms with van der Waals surface area (Å²) in [5, 5.41) is 4.00. The molecule has 3 rings (SSSR count). The maximum Gasteiger partial charge on any atom is 0.240 e. The zero-order valence-corrected chi connectivity index (χ0v) is 16.1. The molecule has 1 aromatic carbocycles. The number of nitrogens with two attached hydrogens (primary N) is 1. The Morgan fingerprint density at radius 3 is 2.56 bits per heavy atom. The van der Waals surface area contributed by atoms with Gasteiger partial charge < -0.3 is 10.3 Å². The number of rotatable bonds is 5. The van der Waals surface area contributed by atoms with Crippen molar-refractivity contribution in [2.45, 2.75) is 39.0 Å². The molecule has 0 amide bonds. The van der Waals surface area contributed by atoms with E-state index in [1.165, 1.54) is 5.56 Å². The van der Waals surface area contributed by atoms with Crippen molar-refractivity contribution in [1.82, 2.24) is 19.9 Å². The van der Waals surface area contributed by atoms with Gasteiger partial charge in [-0.1, -0.05) is 35.5 Å². The minimum Gasteiger partial charge on any atom is -0.338 e. The van der Waals surface area contributed by atoms with E-state index in [0.29, 0.717) is 18.5 Å². The van der Waals surface area contributed by atoms with E-state index in [0.717, 1.165) is 45.0 Å². The Morgan fingerprint density at radius 2 is 1.88 bits per heavy atom. The molecule has 6 nitrogen and oxygen atoms in total. The fraction of sp³-hybridized carbons (Fsp3) is 0.529. The largest absolute Gasteiger partial charge is 0.338 e. The highest BCUT2D eigenvalue weighted by Crippen LogP contribution is 2.15. The van der Waals surface area contributed by atoms with Gasteiger partial charge in [-0.05, 0) is 18.9 Å². The van der Waals surface area contributed by atoms with Gasteiger partial charge in [0.15, 0.2) is 5.82 Å². The van der Waals surface area contributed by atoms with Crippen molar-refractivity contribution in [3.63, 3.8) is 0 Å². The van der Waals surface area contributed by atoms with Gasteiger partial charge in [-0.3, -0.25) is 9.80 Å². The Bertz CT molecular complexity index is 610. The van der Waals surface area contributed by atoms with Crippen LogP contribution in [0.25, 0.3) is 0 Å². The minimum atomic E-state index is 0. The van der Waals surface area contributed by atoms with E-state index in [9.17, 15) is 0 Å². The standard InChI is InChI=1S/C17H25N5O.2ClH/c1-14-7-8-21(13-16-19-17(11-18)23-20-16)9-10-22(14)12-15-5-3-2-4-6-15;;/h2-6,14H,7-13,18H2,1H3;2*1H. The van der Waals surface area contributed by atoms with Gasteiger partial charge >= 0.3 is 0 Å². The van der Waals surface area contributed by atoms with E-state index in [1.807, 2.05) is 0 Å². The van der Waals surface area contributed by atoms with Gasteiger partial charge in [0.05, 0.1) is 13.1 Å². The second-order valence-corrected chi connectivity index (χ2v) is 6.18. The summed E-state index contributed by atoms with van der Waals surface area (Å²) in [7, 11) is 0. The van der Waals surface area contributed by atoms with Gasteiger partial charge in [0.25, 0.3) is 0 Å². The zero-order valence-electron chi connectivity index (χ0n) is 14.5. The van der Waals surface area contributed by atoms with Crippen LogP contribution in [0.3, 0.4) is 0 Å². The molecule has 1 unspecified atom stereocenters. The molecule has 25 heavy (non-hydrogen) atoms. The molecule has 1 aliphatic heterocycles. The Morgan fingerprint density at radius 1 is 1.12 bits per heavy atom. The van der Waals surface area contributed by atoms with Crippen molar-refractivity contribution in [2.75, 3.05) is 19.6 Å². The van der Waals surface area contributed by atoms with Crippen LogP contribution in [0, 0.1) is 0 Å². The van der Waals surface area contributed by atoms with E-state index in [-0.39, 0.29) is 24.8 Å². The number of hydrogen-bond donors (Lipinski definition) is 1. The smallest absolute Gasteiger partial charge is 0.240 e. The van der Waals surface area contributed by atoms with Crippen LogP contribution in [0.5, 0.6) is 0 Å². The molecule has 8 heteroatoms. The average molecular weight is 388 g/mol. The first-order chi connectivity index (χ1) is 11.2. The summed E-state index contributed by atoms with van der Waals surface area (Å²) < 4.78 is 5.08. The van der Waals surface area contributed by atoms with Gasteiger partial charge in [-0.2, -0.15) is 4.98 Å². The van der Waals surface area contributed by atoms with Crippen LogP contribution in [0.2, 0.25) is 0 Å². The van der Waals surface area contributed by atoms with Crippen molar-refractivity contribution < 1.29 is 4.52 Å². The van der Waals surface area contributed by atoms with E-state index in [4.69, 9.17) is 10.3 Å². The number of halogens is 2. The first kappa shape index (κ1) is 21.9. The summed E-state index contributed by atoms with van der Waals surface area (Å²) in [6, 6.07) is 11.2. The maximum absolute atomic E-state index is 5.51. The fourth-order valence-electron chi connectivity index (χ4n) is 3.00. The van der Waals surface area contributed by atoms with Crippen LogP contribution >= 0.6 is 24.8 Å². The number of hydrogen-bond acceptors (Lipinski definition) is 6. The van der Waals surface area contributed by atoms with Crippen molar-refractivity contribution >= 4 is 24.8 Å². The van der Waals surface area contributed by atoms with E-state index < -0.39 is 0 Å². The number of benzene rings is 1. The summed E-state index contributed by atoms with van der Waals surface area (Å²) >= 11 is 0. The first-order valence-electron chi connectivity index (χ1n) is 8.26. The summed E-state index contributed by atoms with van der Waals surface area (Å²) in [5.74, 6) is 1.24. The van der Waals surface area contributed by atoms with Crippen LogP contribution in [0.4, 0.5) is 0 Å². The predicted octanol–water partition coefficient (Wildman–Crippen LogP) is 2.47. The second-order valence-electron chi connectivity index (χ2n) is 6.18. The molecule has 1 fully saturated rings. The van der Waals surface area contributed by atoms with Gasteiger partial charge in [-0.15, -0.1) is 24.8 Å². The summed E-state index contributed by atoms with van der Waals surface area (Å²) in [6.45, 7) is 7.48. The molecular formula is C17H27Cl2N5O. The minimum absolute atomic E-state index is 0. The van der Waals surface area contributed by atoms with Crippen molar-refractivity contribution in [1.29, 1.82) is 0 Å². The molecule has 0 saturated carbocycles. The van der Waals surface area contributed by atoms with Crippen LogP contribution in [0.15, 0.2) is 34.9 Å². The molecule has 140 valence electrons. The van der Waals surface area contributed by atoms with E-state index in [2.05, 4.69) is 57.2 Å². The highest BCUT2D eigenvalue weighted by Gasteiger charge is 2.22. The highest BCUT2D eigenvalue weighted by molar-refractivity contribution is 5.85. The van der Waals surface area contributed by atoms with Crippen LogP contribution < -0.4 is 5.73 Å². The molecule has 1 aromatic heterocycles. The third kappa shape index (κ3) is 6.24. The van der Waals surface area contributed by atoms with E-state index >= 15 is 0 Å². The van der Waals surface area contributed by atoms with Crippen molar-refractivity contribution in [3.8, 4) is 0 Å². The SMILES string of the molecule is CC1CCN(Cc2noc(CN)n2)CCN1Cc1ccccc1.Cl.Cl. The lowest BCUT2D eigenvalue weighted by molar-refractivity contribution is 0.204. The molecule has 0 spiro atoms. The lowest BCUT2D eigenvalue weighted by Gasteiger charge is -2.26. The Labute approximate surface area is 161 Å². The van der Waals surface area contributed by atoms with Gasteiger partial charge in [0.1, 0.15) is 0 Å². The number of aromatic nitrogens is 2. The van der Waals surface area contributed by atoms with Crippen LogP contribution in [-0.4, -0.2) is 45.6 Å². The lowest BCUT2D eigenvalue weighted by Crippen LogP contribution is -2.34. The summed E-state index contributed by atoms with van der Waals surface area (Å²) in [5.41, 5.74) is 6.89. The first-order valence-corrected chi connectivity index (χ1v) is 8.26. The monoisotopic (exact) mass is 387 g/mol.